The number of carbonyl (C=O) groups excluding carboxylic acids is 2. The molecule has 0 radical (unpaired) electrons. The fourth-order valence-corrected chi connectivity index (χ4v) is 3.75. The van der Waals surface area contributed by atoms with Gasteiger partial charge in [0.15, 0.2) is 0 Å². The van der Waals surface area contributed by atoms with Crippen molar-refractivity contribution in [2.45, 2.75) is 6.92 Å². The first-order valence-corrected chi connectivity index (χ1v) is 9.75. The van der Waals surface area contributed by atoms with E-state index in [1.165, 1.54) is 4.90 Å². The second kappa shape index (κ2) is 7.89. The molecule has 0 aliphatic carbocycles. The molecule has 4 rings (SSSR count). The summed E-state index contributed by atoms with van der Waals surface area (Å²) in [7, 11) is 1.58. The number of aryl methyl sites for hydroxylation is 1. The number of hydrogen-bond acceptors (Lipinski definition) is 5. The van der Waals surface area contributed by atoms with Crippen LogP contribution in [0.5, 0.6) is 5.75 Å². The quantitative estimate of drug-likeness (QED) is 0.721. The van der Waals surface area contributed by atoms with Gasteiger partial charge in [0.05, 0.1) is 31.6 Å². The molecular formula is C22H21ClN2O4. The Kier molecular flexibility index (Phi) is 5.30. The van der Waals surface area contributed by atoms with Gasteiger partial charge < -0.3 is 14.4 Å². The Morgan fingerprint density at radius 1 is 1.00 bits per heavy atom. The number of ether oxygens (including phenoxy) is 2. The second-order valence-electron chi connectivity index (χ2n) is 6.93. The van der Waals surface area contributed by atoms with E-state index in [-0.39, 0.29) is 11.8 Å². The predicted molar refractivity (Wildman–Crippen MR) is 111 cm³/mol. The summed E-state index contributed by atoms with van der Waals surface area (Å²) in [4.78, 5) is 30.0. The molecule has 2 aliphatic rings. The lowest BCUT2D eigenvalue weighted by Gasteiger charge is -2.29. The number of anilines is 1. The molecule has 0 atom stereocenters. The van der Waals surface area contributed by atoms with Gasteiger partial charge in [-0.3, -0.25) is 9.59 Å². The molecule has 7 heteroatoms. The molecule has 0 bridgehead atoms. The van der Waals surface area contributed by atoms with Gasteiger partial charge in [-0.2, -0.15) is 0 Å². The highest BCUT2D eigenvalue weighted by Crippen LogP contribution is 2.36. The summed E-state index contributed by atoms with van der Waals surface area (Å²) < 4.78 is 10.6. The van der Waals surface area contributed by atoms with Crippen molar-refractivity contribution in [1.29, 1.82) is 0 Å². The van der Waals surface area contributed by atoms with Gasteiger partial charge in [0.25, 0.3) is 11.8 Å². The molecular weight excluding hydrogens is 392 g/mol. The van der Waals surface area contributed by atoms with Crippen LogP contribution < -0.4 is 9.64 Å². The van der Waals surface area contributed by atoms with Gasteiger partial charge in [0.2, 0.25) is 0 Å². The highest BCUT2D eigenvalue weighted by Gasteiger charge is 2.42. The van der Waals surface area contributed by atoms with Crippen LogP contribution in [-0.4, -0.2) is 50.1 Å². The summed E-state index contributed by atoms with van der Waals surface area (Å²) >= 11 is 6.26. The molecule has 6 nitrogen and oxygen atoms in total. The van der Waals surface area contributed by atoms with Crippen LogP contribution in [-0.2, 0) is 14.3 Å². The minimum Gasteiger partial charge on any atom is -0.497 e. The van der Waals surface area contributed by atoms with E-state index in [9.17, 15) is 9.59 Å². The molecule has 2 aliphatic heterocycles. The number of imide groups is 1. The summed E-state index contributed by atoms with van der Waals surface area (Å²) in [6, 6.07) is 12.4. The van der Waals surface area contributed by atoms with Crippen molar-refractivity contribution in [3.63, 3.8) is 0 Å². The van der Waals surface area contributed by atoms with Crippen LogP contribution in [0.2, 0.25) is 5.02 Å². The number of rotatable bonds is 4. The average molecular weight is 413 g/mol. The molecule has 0 unspecified atom stereocenters. The fraction of sp³-hybridized carbons (Fsp3) is 0.273. The monoisotopic (exact) mass is 412 g/mol. The predicted octanol–water partition coefficient (Wildman–Crippen LogP) is 3.27. The number of amides is 2. The Bertz CT molecular complexity index is 994. The maximum atomic E-state index is 13.4. The SMILES string of the molecule is COc1ccc(C2=C(N3CCOCC3)C(=O)N(c3ccc(C)c(Cl)c3)C2=O)cc1. The second-order valence-corrected chi connectivity index (χ2v) is 7.34. The molecule has 0 spiro atoms. The lowest BCUT2D eigenvalue weighted by Crippen LogP contribution is -2.40. The molecule has 2 amide bonds. The van der Waals surface area contributed by atoms with E-state index < -0.39 is 0 Å². The first-order chi connectivity index (χ1) is 14.0. The van der Waals surface area contributed by atoms with Gasteiger partial charge >= 0.3 is 0 Å². The number of halogens is 1. The molecule has 29 heavy (non-hydrogen) atoms. The summed E-state index contributed by atoms with van der Waals surface area (Å²) in [5, 5.41) is 0.508. The van der Waals surface area contributed by atoms with E-state index in [4.69, 9.17) is 21.1 Å². The minimum atomic E-state index is -0.360. The van der Waals surface area contributed by atoms with Crippen LogP contribution in [0.3, 0.4) is 0 Å². The third-order valence-corrected chi connectivity index (χ3v) is 5.59. The highest BCUT2D eigenvalue weighted by molar-refractivity contribution is 6.45. The Morgan fingerprint density at radius 3 is 2.31 bits per heavy atom. The highest BCUT2D eigenvalue weighted by atomic mass is 35.5. The van der Waals surface area contributed by atoms with E-state index in [0.717, 1.165) is 5.56 Å². The fourth-order valence-electron chi connectivity index (χ4n) is 3.57. The zero-order valence-electron chi connectivity index (χ0n) is 16.3. The van der Waals surface area contributed by atoms with Crippen molar-refractivity contribution >= 4 is 34.7 Å². The van der Waals surface area contributed by atoms with Crippen molar-refractivity contribution in [1.82, 2.24) is 4.90 Å². The van der Waals surface area contributed by atoms with Crippen molar-refractivity contribution in [3.05, 3.63) is 64.3 Å². The van der Waals surface area contributed by atoms with Crippen LogP contribution in [0.1, 0.15) is 11.1 Å². The third kappa shape index (κ3) is 3.50. The number of morpholine rings is 1. The van der Waals surface area contributed by atoms with Crippen LogP contribution in [0.4, 0.5) is 5.69 Å². The van der Waals surface area contributed by atoms with Gasteiger partial charge in [0, 0.05) is 18.1 Å². The number of carbonyl (C=O) groups is 2. The van der Waals surface area contributed by atoms with Crippen molar-refractivity contribution in [2.75, 3.05) is 38.3 Å². The first kappa shape index (κ1) is 19.5. The van der Waals surface area contributed by atoms with Crippen LogP contribution in [0.25, 0.3) is 5.57 Å². The van der Waals surface area contributed by atoms with Gasteiger partial charge in [-0.05, 0) is 42.3 Å². The van der Waals surface area contributed by atoms with Crippen molar-refractivity contribution in [3.8, 4) is 5.75 Å². The van der Waals surface area contributed by atoms with E-state index in [1.807, 2.05) is 11.8 Å². The topological polar surface area (TPSA) is 59.1 Å². The Balaban J connectivity index is 1.81. The molecule has 2 aromatic rings. The Morgan fingerprint density at radius 2 is 1.69 bits per heavy atom. The van der Waals surface area contributed by atoms with E-state index in [1.54, 1.807) is 49.6 Å². The molecule has 0 N–H and O–H groups in total. The van der Waals surface area contributed by atoms with Gasteiger partial charge in [-0.1, -0.05) is 29.8 Å². The van der Waals surface area contributed by atoms with Crippen LogP contribution in [0.15, 0.2) is 48.2 Å². The van der Waals surface area contributed by atoms with Gasteiger partial charge in [0.1, 0.15) is 11.4 Å². The molecule has 0 aromatic heterocycles. The Hall–Kier alpha value is -2.83. The largest absolute Gasteiger partial charge is 0.497 e. The van der Waals surface area contributed by atoms with Crippen molar-refractivity contribution < 1.29 is 19.1 Å². The summed E-state index contributed by atoms with van der Waals surface area (Å²) in [6.07, 6.45) is 0. The van der Waals surface area contributed by atoms with Gasteiger partial charge in [-0.25, -0.2) is 4.90 Å². The minimum absolute atomic E-state index is 0.345. The molecule has 2 aromatic carbocycles. The maximum absolute atomic E-state index is 13.4. The third-order valence-electron chi connectivity index (χ3n) is 5.18. The van der Waals surface area contributed by atoms with Crippen LogP contribution >= 0.6 is 11.6 Å². The molecule has 1 saturated heterocycles. The van der Waals surface area contributed by atoms with Crippen molar-refractivity contribution in [2.24, 2.45) is 0 Å². The van der Waals surface area contributed by atoms with E-state index in [0.29, 0.717) is 59.6 Å². The zero-order chi connectivity index (χ0) is 20.5. The number of methoxy groups -OCH3 is 1. The first-order valence-electron chi connectivity index (χ1n) is 9.37. The van der Waals surface area contributed by atoms with Crippen LogP contribution in [0, 0.1) is 6.92 Å². The smallest absolute Gasteiger partial charge is 0.282 e. The summed E-state index contributed by atoms with van der Waals surface area (Å²) in [5.41, 5.74) is 2.80. The normalized spacial score (nSPS) is 17.3. The maximum Gasteiger partial charge on any atom is 0.282 e. The average Bonchev–Trinajstić information content (AvgIpc) is 3.01. The van der Waals surface area contributed by atoms with E-state index in [2.05, 4.69) is 0 Å². The molecule has 0 saturated carbocycles. The van der Waals surface area contributed by atoms with Gasteiger partial charge in [-0.15, -0.1) is 0 Å². The lowest BCUT2D eigenvalue weighted by atomic mass is 10.0. The standard InChI is InChI=1S/C22H21ClN2O4/c1-14-3-6-16(13-18(14)23)25-21(26)19(15-4-7-17(28-2)8-5-15)20(22(25)27)24-9-11-29-12-10-24/h3-8,13H,9-12H2,1-2H3. The lowest BCUT2D eigenvalue weighted by molar-refractivity contribution is -0.121. The summed E-state index contributed by atoms with van der Waals surface area (Å²) in [5.74, 6) is -0.0227. The number of hydrogen-bond donors (Lipinski definition) is 0. The molecule has 150 valence electrons. The molecule has 2 heterocycles. The van der Waals surface area contributed by atoms with E-state index >= 15 is 0 Å². The summed E-state index contributed by atoms with van der Waals surface area (Å²) in [6.45, 7) is 4.00. The zero-order valence-corrected chi connectivity index (χ0v) is 17.0. The molecule has 1 fully saturated rings. The Labute approximate surface area is 174 Å². The number of benzene rings is 2. The number of nitrogens with zero attached hydrogens (tertiary/aromatic N) is 2.